The van der Waals surface area contributed by atoms with Crippen LogP contribution in [0.2, 0.25) is 0 Å². The van der Waals surface area contributed by atoms with Crippen LogP contribution in [0.3, 0.4) is 0 Å². The van der Waals surface area contributed by atoms with Crippen molar-refractivity contribution in [1.82, 2.24) is 25.7 Å². The van der Waals surface area contributed by atoms with Crippen molar-refractivity contribution in [3.05, 3.63) is 11.7 Å². The van der Waals surface area contributed by atoms with Gasteiger partial charge in [0.1, 0.15) is 6.54 Å². The number of aliphatic imine (C=N–C) groups is 1. The Morgan fingerprint density at radius 2 is 1.91 bits per heavy atom. The van der Waals surface area contributed by atoms with Gasteiger partial charge < -0.3 is 15.2 Å². The number of nitrogens with one attached hydrogen (secondary N) is 2. The zero-order valence-electron chi connectivity index (χ0n) is 15.4. The monoisotopic (exact) mass is 324 g/mol. The van der Waals surface area contributed by atoms with E-state index in [-0.39, 0.29) is 0 Å². The maximum atomic E-state index is 5.07. The van der Waals surface area contributed by atoms with E-state index >= 15 is 0 Å². The smallest absolute Gasteiger partial charge is 0.248 e. The van der Waals surface area contributed by atoms with E-state index in [2.05, 4.69) is 58.4 Å². The normalized spacial score (nSPS) is 12.5. The van der Waals surface area contributed by atoms with Gasteiger partial charge in [-0.25, -0.2) is 4.99 Å². The number of rotatable bonds is 9. The van der Waals surface area contributed by atoms with E-state index in [1.165, 1.54) is 0 Å². The first-order chi connectivity index (χ1) is 10.9. The Hall–Kier alpha value is -1.63. The van der Waals surface area contributed by atoms with Crippen LogP contribution in [0.15, 0.2) is 9.52 Å². The summed E-state index contributed by atoms with van der Waals surface area (Å²) in [4.78, 5) is 11.1. The van der Waals surface area contributed by atoms with E-state index in [0.717, 1.165) is 32.0 Å². The Morgan fingerprint density at radius 1 is 1.22 bits per heavy atom. The minimum atomic E-state index is 0.389. The summed E-state index contributed by atoms with van der Waals surface area (Å²) >= 11 is 0. The van der Waals surface area contributed by atoms with Crippen LogP contribution < -0.4 is 10.6 Å². The minimum Gasteiger partial charge on any atom is -0.357 e. The Balaban J connectivity index is 2.40. The lowest BCUT2D eigenvalue weighted by molar-refractivity contribution is 0.173. The first-order valence-corrected chi connectivity index (χ1v) is 8.51. The van der Waals surface area contributed by atoms with Crippen molar-refractivity contribution < 1.29 is 4.52 Å². The zero-order chi connectivity index (χ0) is 17.2. The van der Waals surface area contributed by atoms with Crippen LogP contribution in [-0.2, 0) is 6.54 Å². The fourth-order valence-electron chi connectivity index (χ4n) is 2.47. The second-order valence-corrected chi connectivity index (χ2v) is 6.14. The van der Waals surface area contributed by atoms with Gasteiger partial charge in [-0.2, -0.15) is 4.98 Å². The van der Waals surface area contributed by atoms with E-state index in [1.807, 2.05) is 6.92 Å². The lowest BCUT2D eigenvalue weighted by Gasteiger charge is -2.30. The molecule has 0 aromatic carbocycles. The second kappa shape index (κ2) is 10.2. The molecule has 0 saturated heterocycles. The summed E-state index contributed by atoms with van der Waals surface area (Å²) in [6.45, 7) is 16.0. The van der Waals surface area contributed by atoms with Gasteiger partial charge in [-0.15, -0.1) is 0 Å². The average Bonchev–Trinajstić information content (AvgIpc) is 2.89. The third-order valence-electron chi connectivity index (χ3n) is 3.50. The van der Waals surface area contributed by atoms with Crippen LogP contribution in [0.1, 0.15) is 52.8 Å². The second-order valence-electron chi connectivity index (χ2n) is 6.14. The quantitative estimate of drug-likeness (QED) is 0.411. The van der Waals surface area contributed by atoms with Crippen molar-refractivity contribution in [3.63, 3.8) is 0 Å². The van der Waals surface area contributed by atoms with Gasteiger partial charge in [0.05, 0.1) is 0 Å². The number of hydrogen-bond donors (Lipinski definition) is 2. The van der Waals surface area contributed by atoms with Crippen molar-refractivity contribution in [1.29, 1.82) is 0 Å². The van der Waals surface area contributed by atoms with Gasteiger partial charge in [0.2, 0.25) is 5.89 Å². The third-order valence-corrected chi connectivity index (χ3v) is 3.50. The molecule has 1 heterocycles. The molecule has 7 nitrogen and oxygen atoms in total. The van der Waals surface area contributed by atoms with Gasteiger partial charge >= 0.3 is 0 Å². The van der Waals surface area contributed by atoms with Crippen LogP contribution in [0.5, 0.6) is 0 Å². The molecule has 0 bridgehead atoms. The molecule has 0 radical (unpaired) electrons. The first-order valence-electron chi connectivity index (χ1n) is 8.51. The largest absolute Gasteiger partial charge is 0.357 e. The molecular formula is C16H32N6O. The summed E-state index contributed by atoms with van der Waals surface area (Å²) in [5.74, 6) is 1.95. The molecule has 0 aliphatic rings. The fourth-order valence-corrected chi connectivity index (χ4v) is 2.47. The average molecular weight is 324 g/mol. The molecule has 0 atom stereocenters. The summed E-state index contributed by atoms with van der Waals surface area (Å²) in [6.07, 6.45) is 1.07. The Labute approximate surface area is 139 Å². The van der Waals surface area contributed by atoms with Gasteiger partial charge in [-0.1, -0.05) is 5.16 Å². The van der Waals surface area contributed by atoms with Crippen molar-refractivity contribution in [2.45, 2.75) is 66.6 Å². The predicted octanol–water partition coefficient (Wildman–Crippen LogP) is 1.94. The molecule has 1 rings (SSSR count). The van der Waals surface area contributed by atoms with Gasteiger partial charge in [0.15, 0.2) is 11.8 Å². The van der Waals surface area contributed by atoms with Crippen molar-refractivity contribution in [2.75, 3.05) is 19.6 Å². The Morgan fingerprint density at radius 3 is 2.43 bits per heavy atom. The molecule has 0 spiro atoms. The molecule has 0 unspecified atom stereocenters. The highest BCUT2D eigenvalue weighted by Gasteiger charge is 2.12. The number of aryl methyl sites for hydroxylation is 1. The highest BCUT2D eigenvalue weighted by atomic mass is 16.5. The highest BCUT2D eigenvalue weighted by molar-refractivity contribution is 5.79. The number of hydrogen-bond acceptors (Lipinski definition) is 5. The molecule has 0 aliphatic carbocycles. The van der Waals surface area contributed by atoms with Gasteiger partial charge in [0, 0.05) is 31.7 Å². The fraction of sp³-hybridized carbons (Fsp3) is 0.812. The van der Waals surface area contributed by atoms with Gasteiger partial charge in [0.25, 0.3) is 0 Å². The highest BCUT2D eigenvalue weighted by Crippen LogP contribution is 2.05. The van der Waals surface area contributed by atoms with Crippen molar-refractivity contribution in [2.24, 2.45) is 4.99 Å². The zero-order valence-corrected chi connectivity index (χ0v) is 15.4. The molecule has 0 fully saturated rings. The van der Waals surface area contributed by atoms with E-state index < -0.39 is 0 Å². The molecular weight excluding hydrogens is 292 g/mol. The van der Waals surface area contributed by atoms with Crippen LogP contribution >= 0.6 is 0 Å². The Kier molecular flexibility index (Phi) is 8.61. The summed E-state index contributed by atoms with van der Waals surface area (Å²) in [5.41, 5.74) is 0. The summed E-state index contributed by atoms with van der Waals surface area (Å²) in [7, 11) is 0. The molecule has 0 amide bonds. The molecule has 2 N–H and O–H groups in total. The summed E-state index contributed by atoms with van der Waals surface area (Å²) < 4.78 is 5.07. The van der Waals surface area contributed by atoms with Crippen LogP contribution in [-0.4, -0.2) is 52.7 Å². The molecule has 7 heteroatoms. The minimum absolute atomic E-state index is 0.389. The maximum absolute atomic E-state index is 5.07. The number of guanidine groups is 1. The lowest BCUT2D eigenvalue weighted by Crippen LogP contribution is -2.41. The van der Waals surface area contributed by atoms with Gasteiger partial charge in [-0.3, -0.25) is 4.90 Å². The SMILES string of the molecule is CCNC(=NCc1nc(C)no1)NCCCN(C(C)C)C(C)C. The molecule has 1 aromatic rings. The Bertz CT molecular complexity index is 461. The summed E-state index contributed by atoms with van der Waals surface area (Å²) in [5, 5.41) is 10.3. The van der Waals surface area contributed by atoms with Crippen LogP contribution in [0, 0.1) is 6.92 Å². The van der Waals surface area contributed by atoms with Crippen molar-refractivity contribution >= 4 is 5.96 Å². The van der Waals surface area contributed by atoms with Crippen molar-refractivity contribution in [3.8, 4) is 0 Å². The summed E-state index contributed by atoms with van der Waals surface area (Å²) in [6, 6.07) is 1.13. The van der Waals surface area contributed by atoms with E-state index in [9.17, 15) is 0 Å². The third kappa shape index (κ3) is 7.45. The number of nitrogens with zero attached hydrogens (tertiary/aromatic N) is 4. The molecule has 0 aliphatic heterocycles. The molecule has 132 valence electrons. The maximum Gasteiger partial charge on any atom is 0.248 e. The molecule has 0 saturated carbocycles. The van der Waals surface area contributed by atoms with E-state index in [0.29, 0.717) is 30.3 Å². The van der Waals surface area contributed by atoms with Crippen LogP contribution in [0.25, 0.3) is 0 Å². The topological polar surface area (TPSA) is 78.6 Å². The first kappa shape index (κ1) is 19.4. The molecule has 23 heavy (non-hydrogen) atoms. The number of aromatic nitrogens is 2. The lowest BCUT2D eigenvalue weighted by atomic mass is 10.2. The van der Waals surface area contributed by atoms with Crippen LogP contribution in [0.4, 0.5) is 0 Å². The predicted molar refractivity (Wildman–Crippen MR) is 93.4 cm³/mol. The van der Waals surface area contributed by atoms with E-state index in [4.69, 9.17) is 4.52 Å². The molecule has 1 aromatic heterocycles. The van der Waals surface area contributed by atoms with E-state index in [1.54, 1.807) is 6.92 Å². The standard InChI is InChI=1S/C16H32N6O/c1-7-17-16(19-11-15-20-14(6)21-23-15)18-9-8-10-22(12(2)3)13(4)5/h12-13H,7-11H2,1-6H3,(H2,17,18,19). The van der Waals surface area contributed by atoms with Gasteiger partial charge in [-0.05, 0) is 48.0 Å².